The maximum Gasteiger partial charge on any atom is 0.338 e. The molecule has 134 valence electrons. The Morgan fingerprint density at radius 2 is 1.56 bits per heavy atom. The van der Waals surface area contributed by atoms with Crippen molar-refractivity contribution in [3.63, 3.8) is 0 Å². The molecule has 0 heterocycles. The monoisotopic (exact) mass is 355 g/mol. The lowest BCUT2D eigenvalue weighted by Crippen LogP contribution is -2.07. The topological polar surface area (TPSA) is 38.7 Å². The Morgan fingerprint density at radius 1 is 0.889 bits per heavy atom. The van der Waals surface area contributed by atoms with Crippen LogP contribution in [-0.4, -0.2) is 18.3 Å². The van der Waals surface area contributed by atoms with Gasteiger partial charge in [0, 0.05) is 16.7 Å². The quantitative estimate of drug-likeness (QED) is 0.447. The van der Waals surface area contributed by atoms with Crippen LogP contribution in [0.1, 0.15) is 39.5 Å². The molecule has 0 spiro atoms. The minimum absolute atomic E-state index is 0.295. The van der Waals surface area contributed by atoms with Crippen molar-refractivity contribution in [1.82, 2.24) is 0 Å². The molecule has 0 bridgehead atoms. The molecule has 0 N–H and O–H groups in total. The zero-order valence-corrected chi connectivity index (χ0v) is 15.7. The van der Waals surface area contributed by atoms with Crippen molar-refractivity contribution in [2.45, 2.75) is 20.8 Å². The van der Waals surface area contributed by atoms with Crippen LogP contribution in [0.4, 0.5) is 5.69 Å². The number of hydrogen-bond donors (Lipinski definition) is 0. The molecule has 0 atom stereocenters. The molecule has 3 aromatic rings. The highest BCUT2D eigenvalue weighted by molar-refractivity contribution is 6.27. The van der Waals surface area contributed by atoms with Gasteiger partial charge >= 0.3 is 5.97 Å². The number of carbonyl (C=O) groups excluding carboxylic acids is 1. The third-order valence-electron chi connectivity index (χ3n) is 4.71. The number of hydrogen-bond acceptors (Lipinski definition) is 3. The third-order valence-corrected chi connectivity index (χ3v) is 4.71. The van der Waals surface area contributed by atoms with Crippen LogP contribution < -0.4 is 0 Å². The van der Waals surface area contributed by atoms with Crippen LogP contribution >= 0.6 is 0 Å². The average Bonchev–Trinajstić information content (AvgIpc) is 2.95. The zero-order chi connectivity index (χ0) is 19.0. The molecule has 1 aliphatic rings. The molecule has 3 aromatic carbocycles. The SMILES string of the molecule is CCOC(=O)c1cccc2c1-c1ccccc1C2=Nc1cc(C)cc(C)c1. The molecule has 3 heteroatoms. The number of rotatable bonds is 3. The predicted octanol–water partition coefficient (Wildman–Crippen LogP) is 5.63. The van der Waals surface area contributed by atoms with Crippen LogP contribution in [-0.2, 0) is 4.74 Å². The van der Waals surface area contributed by atoms with Gasteiger partial charge in [0.1, 0.15) is 0 Å². The van der Waals surface area contributed by atoms with Gasteiger partial charge in [-0.05, 0) is 55.7 Å². The van der Waals surface area contributed by atoms with E-state index in [9.17, 15) is 4.79 Å². The summed E-state index contributed by atoms with van der Waals surface area (Å²) in [5, 5.41) is 0. The largest absolute Gasteiger partial charge is 0.462 e. The highest BCUT2D eigenvalue weighted by Gasteiger charge is 2.29. The van der Waals surface area contributed by atoms with Gasteiger partial charge < -0.3 is 4.74 Å². The predicted molar refractivity (Wildman–Crippen MR) is 109 cm³/mol. The summed E-state index contributed by atoms with van der Waals surface area (Å²) in [6.07, 6.45) is 0. The maximum absolute atomic E-state index is 12.5. The second kappa shape index (κ2) is 6.84. The molecule has 0 radical (unpaired) electrons. The molecule has 0 saturated carbocycles. The van der Waals surface area contributed by atoms with Gasteiger partial charge in [0.05, 0.1) is 23.6 Å². The Hall–Kier alpha value is -3.20. The molecule has 27 heavy (non-hydrogen) atoms. The van der Waals surface area contributed by atoms with E-state index in [4.69, 9.17) is 9.73 Å². The Labute approximate surface area is 159 Å². The Kier molecular flexibility index (Phi) is 4.36. The van der Waals surface area contributed by atoms with Crippen molar-refractivity contribution in [1.29, 1.82) is 0 Å². The van der Waals surface area contributed by atoms with E-state index in [-0.39, 0.29) is 5.97 Å². The van der Waals surface area contributed by atoms with Gasteiger partial charge in [-0.1, -0.05) is 42.5 Å². The number of esters is 1. The van der Waals surface area contributed by atoms with E-state index in [1.165, 1.54) is 11.1 Å². The highest BCUT2D eigenvalue weighted by atomic mass is 16.5. The van der Waals surface area contributed by atoms with Gasteiger partial charge in [-0.3, -0.25) is 0 Å². The van der Waals surface area contributed by atoms with Crippen LogP contribution in [0.3, 0.4) is 0 Å². The third kappa shape index (κ3) is 3.06. The first kappa shape index (κ1) is 17.2. The minimum Gasteiger partial charge on any atom is -0.462 e. The summed E-state index contributed by atoms with van der Waals surface area (Å²) in [6.45, 7) is 6.33. The fourth-order valence-electron chi connectivity index (χ4n) is 3.74. The summed E-state index contributed by atoms with van der Waals surface area (Å²) in [6, 6.07) is 20.1. The summed E-state index contributed by atoms with van der Waals surface area (Å²) < 4.78 is 5.27. The second-order valence-corrected chi connectivity index (χ2v) is 6.80. The number of fused-ring (bicyclic) bond motifs is 3. The van der Waals surface area contributed by atoms with E-state index in [0.29, 0.717) is 12.2 Å². The van der Waals surface area contributed by atoms with E-state index in [1.54, 1.807) is 0 Å². The fourth-order valence-corrected chi connectivity index (χ4v) is 3.74. The van der Waals surface area contributed by atoms with E-state index >= 15 is 0 Å². The first-order valence-corrected chi connectivity index (χ1v) is 9.15. The van der Waals surface area contributed by atoms with Crippen molar-refractivity contribution < 1.29 is 9.53 Å². The first-order chi connectivity index (χ1) is 13.1. The van der Waals surface area contributed by atoms with Crippen molar-refractivity contribution in [3.05, 3.63) is 88.5 Å². The number of aliphatic imine (C=N–C) groups is 1. The van der Waals surface area contributed by atoms with Crippen molar-refractivity contribution in [3.8, 4) is 11.1 Å². The van der Waals surface area contributed by atoms with E-state index in [2.05, 4.69) is 38.1 Å². The average molecular weight is 355 g/mol. The highest BCUT2D eigenvalue weighted by Crippen LogP contribution is 2.40. The Morgan fingerprint density at radius 3 is 2.26 bits per heavy atom. The van der Waals surface area contributed by atoms with E-state index < -0.39 is 0 Å². The number of aryl methyl sites for hydroxylation is 2. The summed E-state index contributed by atoms with van der Waals surface area (Å²) in [4.78, 5) is 17.5. The summed E-state index contributed by atoms with van der Waals surface area (Å²) in [5.41, 5.74) is 8.73. The molecule has 0 saturated heterocycles. The van der Waals surface area contributed by atoms with Gasteiger partial charge in [0.15, 0.2) is 0 Å². The van der Waals surface area contributed by atoms with Gasteiger partial charge in [-0.15, -0.1) is 0 Å². The molecule has 0 amide bonds. The molecular formula is C24H21NO2. The number of ether oxygens (including phenoxy) is 1. The molecular weight excluding hydrogens is 334 g/mol. The van der Waals surface area contributed by atoms with Crippen molar-refractivity contribution in [2.24, 2.45) is 4.99 Å². The lowest BCUT2D eigenvalue weighted by molar-refractivity contribution is 0.0527. The van der Waals surface area contributed by atoms with E-state index in [0.717, 1.165) is 33.7 Å². The zero-order valence-electron chi connectivity index (χ0n) is 15.7. The second-order valence-electron chi connectivity index (χ2n) is 6.80. The fraction of sp³-hybridized carbons (Fsp3) is 0.167. The van der Waals surface area contributed by atoms with Crippen LogP contribution in [0.25, 0.3) is 11.1 Å². The normalized spacial score (nSPS) is 13.4. The van der Waals surface area contributed by atoms with Crippen LogP contribution in [0.5, 0.6) is 0 Å². The van der Waals surface area contributed by atoms with Crippen molar-refractivity contribution in [2.75, 3.05) is 6.61 Å². The smallest absolute Gasteiger partial charge is 0.338 e. The molecule has 4 rings (SSSR count). The number of benzene rings is 3. The lowest BCUT2D eigenvalue weighted by atomic mass is 9.99. The minimum atomic E-state index is -0.295. The summed E-state index contributed by atoms with van der Waals surface area (Å²) in [5.74, 6) is -0.295. The molecule has 0 aliphatic heterocycles. The molecule has 0 unspecified atom stereocenters. The maximum atomic E-state index is 12.5. The first-order valence-electron chi connectivity index (χ1n) is 9.15. The van der Waals surface area contributed by atoms with Gasteiger partial charge in [-0.2, -0.15) is 0 Å². The van der Waals surface area contributed by atoms with Gasteiger partial charge in [0.2, 0.25) is 0 Å². The van der Waals surface area contributed by atoms with Gasteiger partial charge in [-0.25, -0.2) is 9.79 Å². The van der Waals surface area contributed by atoms with Crippen LogP contribution in [0, 0.1) is 13.8 Å². The Bertz CT molecular complexity index is 1060. The molecule has 0 fully saturated rings. The molecule has 1 aliphatic carbocycles. The lowest BCUT2D eigenvalue weighted by Gasteiger charge is -2.08. The van der Waals surface area contributed by atoms with E-state index in [1.807, 2.05) is 43.3 Å². The van der Waals surface area contributed by atoms with Crippen molar-refractivity contribution >= 4 is 17.4 Å². The molecule has 0 aromatic heterocycles. The number of nitrogens with zero attached hydrogens (tertiary/aromatic N) is 1. The summed E-state index contributed by atoms with van der Waals surface area (Å²) in [7, 11) is 0. The van der Waals surface area contributed by atoms with Crippen LogP contribution in [0.15, 0.2) is 65.7 Å². The molecule has 3 nitrogen and oxygen atoms in total. The summed E-state index contributed by atoms with van der Waals surface area (Å²) >= 11 is 0. The standard InChI is InChI=1S/C24H21NO2/c1-4-27-24(26)21-11-7-10-20-22(21)18-8-5-6-9-19(18)23(20)25-17-13-15(2)12-16(3)14-17/h5-14H,4H2,1-3H3. The van der Waals surface area contributed by atoms with Gasteiger partial charge in [0.25, 0.3) is 0 Å². The Balaban J connectivity index is 1.96. The van der Waals surface area contributed by atoms with Crippen LogP contribution in [0.2, 0.25) is 0 Å². The number of carbonyl (C=O) groups is 1.